The van der Waals surface area contributed by atoms with Crippen LogP contribution in [-0.2, 0) is 11.8 Å². The van der Waals surface area contributed by atoms with Crippen LogP contribution in [-0.4, -0.2) is 29.5 Å². The van der Waals surface area contributed by atoms with Crippen molar-refractivity contribution in [3.05, 3.63) is 17.5 Å². The molecule has 0 aliphatic carbocycles. The second-order valence-electron chi connectivity index (χ2n) is 4.01. The Morgan fingerprint density at radius 1 is 1.50 bits per heavy atom. The molecule has 0 bridgehead atoms. The van der Waals surface area contributed by atoms with Gasteiger partial charge < -0.3 is 10.1 Å². The van der Waals surface area contributed by atoms with Crippen LogP contribution in [0.5, 0.6) is 0 Å². The van der Waals surface area contributed by atoms with Gasteiger partial charge >= 0.3 is 0 Å². The Balaban J connectivity index is 2.70. The molecule has 0 saturated carbocycles. The van der Waals surface area contributed by atoms with Crippen molar-refractivity contribution in [2.24, 2.45) is 7.05 Å². The van der Waals surface area contributed by atoms with E-state index in [2.05, 4.69) is 23.5 Å². The number of aryl methyl sites for hydroxylation is 2. The highest BCUT2D eigenvalue weighted by Crippen LogP contribution is 2.16. The molecule has 4 heteroatoms. The molecule has 1 unspecified atom stereocenters. The van der Waals surface area contributed by atoms with Crippen LogP contribution < -0.4 is 5.32 Å². The highest BCUT2D eigenvalue weighted by molar-refractivity contribution is 5.20. The van der Waals surface area contributed by atoms with E-state index >= 15 is 0 Å². The summed E-state index contributed by atoms with van der Waals surface area (Å²) in [4.78, 5) is 0. The van der Waals surface area contributed by atoms with Gasteiger partial charge in [0.05, 0.1) is 18.3 Å². The van der Waals surface area contributed by atoms with Crippen molar-refractivity contribution in [2.45, 2.75) is 33.2 Å². The first-order chi connectivity index (χ1) is 7.69. The maximum Gasteiger partial charge on any atom is 0.0662 e. The lowest BCUT2D eigenvalue weighted by molar-refractivity contribution is 0.123. The summed E-state index contributed by atoms with van der Waals surface area (Å²) in [6.45, 7) is 8.70. The predicted octanol–water partition coefficient (Wildman–Crippen LogP) is 1.81. The third kappa shape index (κ3) is 3.61. The molecule has 1 heterocycles. The molecule has 0 saturated heterocycles. The van der Waals surface area contributed by atoms with Gasteiger partial charge in [0.25, 0.3) is 0 Å². The normalized spacial score (nSPS) is 13.0. The summed E-state index contributed by atoms with van der Waals surface area (Å²) in [5.41, 5.74) is 2.32. The third-order valence-electron chi connectivity index (χ3n) is 2.56. The Morgan fingerprint density at radius 2 is 2.25 bits per heavy atom. The lowest BCUT2D eigenvalue weighted by atomic mass is 10.1. The number of hydrogen-bond donors (Lipinski definition) is 1. The fourth-order valence-corrected chi connectivity index (χ4v) is 1.77. The van der Waals surface area contributed by atoms with Crippen molar-refractivity contribution in [1.82, 2.24) is 15.1 Å². The predicted molar refractivity (Wildman–Crippen MR) is 65.5 cm³/mol. The standard InChI is InChI=1S/C12H23N3O/c1-5-7-13-12(9-16-6-2)11-8-15(4)14-10(11)3/h8,12-13H,5-7,9H2,1-4H3. The molecule has 1 aromatic rings. The van der Waals surface area contributed by atoms with Crippen LogP contribution in [0.1, 0.15) is 37.6 Å². The molecule has 0 aromatic carbocycles. The zero-order chi connectivity index (χ0) is 12.0. The zero-order valence-electron chi connectivity index (χ0n) is 10.8. The molecule has 92 valence electrons. The summed E-state index contributed by atoms with van der Waals surface area (Å²) in [5, 5.41) is 7.87. The largest absolute Gasteiger partial charge is 0.380 e. The van der Waals surface area contributed by atoms with E-state index in [1.807, 2.05) is 25.6 Å². The van der Waals surface area contributed by atoms with Crippen LogP contribution in [0, 0.1) is 6.92 Å². The molecule has 0 fully saturated rings. The molecule has 1 N–H and O–H groups in total. The molecule has 4 nitrogen and oxygen atoms in total. The molecule has 0 aliphatic rings. The minimum Gasteiger partial charge on any atom is -0.380 e. The molecule has 1 aromatic heterocycles. The van der Waals surface area contributed by atoms with Crippen LogP contribution in [0.4, 0.5) is 0 Å². The van der Waals surface area contributed by atoms with Gasteiger partial charge in [-0.25, -0.2) is 0 Å². The smallest absolute Gasteiger partial charge is 0.0662 e. The monoisotopic (exact) mass is 225 g/mol. The maximum absolute atomic E-state index is 5.51. The first-order valence-electron chi connectivity index (χ1n) is 6.00. The second kappa shape index (κ2) is 6.66. The van der Waals surface area contributed by atoms with Crippen LogP contribution >= 0.6 is 0 Å². The van der Waals surface area contributed by atoms with Crippen molar-refractivity contribution in [3.63, 3.8) is 0 Å². The molecule has 1 rings (SSSR count). The van der Waals surface area contributed by atoms with E-state index in [1.54, 1.807) is 0 Å². The van der Waals surface area contributed by atoms with Crippen molar-refractivity contribution in [3.8, 4) is 0 Å². The minimum atomic E-state index is 0.258. The van der Waals surface area contributed by atoms with Gasteiger partial charge in [0.15, 0.2) is 0 Å². The van der Waals surface area contributed by atoms with Gasteiger partial charge in [-0.05, 0) is 26.8 Å². The Hall–Kier alpha value is -0.870. The maximum atomic E-state index is 5.51. The second-order valence-corrected chi connectivity index (χ2v) is 4.01. The molecular formula is C12H23N3O. The Bertz CT molecular complexity index is 301. The Morgan fingerprint density at radius 3 is 2.75 bits per heavy atom. The molecular weight excluding hydrogens is 202 g/mol. The van der Waals surface area contributed by atoms with E-state index in [0.717, 1.165) is 25.3 Å². The molecule has 1 atom stereocenters. The van der Waals surface area contributed by atoms with Gasteiger partial charge in [-0.3, -0.25) is 4.68 Å². The van der Waals surface area contributed by atoms with Gasteiger partial charge in [-0.2, -0.15) is 5.10 Å². The van der Waals surface area contributed by atoms with E-state index in [4.69, 9.17) is 4.74 Å². The summed E-state index contributed by atoms with van der Waals surface area (Å²) >= 11 is 0. The highest BCUT2D eigenvalue weighted by atomic mass is 16.5. The van der Waals surface area contributed by atoms with E-state index < -0.39 is 0 Å². The van der Waals surface area contributed by atoms with Crippen molar-refractivity contribution in [2.75, 3.05) is 19.8 Å². The highest BCUT2D eigenvalue weighted by Gasteiger charge is 2.15. The Kier molecular flexibility index (Phi) is 5.49. The van der Waals surface area contributed by atoms with Crippen molar-refractivity contribution >= 4 is 0 Å². The lowest BCUT2D eigenvalue weighted by Gasteiger charge is -2.17. The molecule has 0 amide bonds. The van der Waals surface area contributed by atoms with Crippen molar-refractivity contribution < 1.29 is 4.74 Å². The van der Waals surface area contributed by atoms with Gasteiger partial charge in [0, 0.05) is 25.4 Å². The van der Waals surface area contributed by atoms with Crippen LogP contribution in [0.2, 0.25) is 0 Å². The first kappa shape index (κ1) is 13.2. The number of rotatable bonds is 7. The lowest BCUT2D eigenvalue weighted by Crippen LogP contribution is -2.26. The first-order valence-corrected chi connectivity index (χ1v) is 6.00. The average molecular weight is 225 g/mol. The minimum absolute atomic E-state index is 0.258. The number of nitrogens with one attached hydrogen (secondary N) is 1. The van der Waals surface area contributed by atoms with Crippen LogP contribution in [0.15, 0.2) is 6.20 Å². The van der Waals surface area contributed by atoms with Gasteiger partial charge in [-0.1, -0.05) is 6.92 Å². The third-order valence-corrected chi connectivity index (χ3v) is 2.56. The number of aromatic nitrogens is 2. The van der Waals surface area contributed by atoms with Crippen LogP contribution in [0.3, 0.4) is 0 Å². The summed E-state index contributed by atoms with van der Waals surface area (Å²) in [5.74, 6) is 0. The van der Waals surface area contributed by atoms with Gasteiger partial charge in [-0.15, -0.1) is 0 Å². The van der Waals surface area contributed by atoms with E-state index in [1.165, 1.54) is 5.56 Å². The molecule has 0 aliphatic heterocycles. The average Bonchev–Trinajstić information content (AvgIpc) is 2.58. The molecule has 0 radical (unpaired) electrons. The number of hydrogen-bond acceptors (Lipinski definition) is 3. The number of nitrogens with zero attached hydrogens (tertiary/aromatic N) is 2. The molecule has 0 spiro atoms. The van der Waals surface area contributed by atoms with Crippen molar-refractivity contribution in [1.29, 1.82) is 0 Å². The summed E-state index contributed by atoms with van der Waals surface area (Å²) in [6, 6.07) is 0.258. The summed E-state index contributed by atoms with van der Waals surface area (Å²) in [6.07, 6.45) is 3.20. The Labute approximate surface area is 98.0 Å². The van der Waals surface area contributed by atoms with Gasteiger partial charge in [0.1, 0.15) is 0 Å². The zero-order valence-corrected chi connectivity index (χ0v) is 10.8. The van der Waals surface area contributed by atoms with E-state index in [-0.39, 0.29) is 6.04 Å². The van der Waals surface area contributed by atoms with E-state index in [0.29, 0.717) is 6.61 Å². The fraction of sp³-hybridized carbons (Fsp3) is 0.750. The van der Waals surface area contributed by atoms with E-state index in [9.17, 15) is 0 Å². The topological polar surface area (TPSA) is 39.1 Å². The quantitative estimate of drug-likeness (QED) is 0.769. The van der Waals surface area contributed by atoms with Gasteiger partial charge in [0.2, 0.25) is 0 Å². The fourth-order valence-electron chi connectivity index (χ4n) is 1.77. The number of ether oxygens (including phenoxy) is 1. The molecule has 16 heavy (non-hydrogen) atoms. The van der Waals surface area contributed by atoms with Crippen LogP contribution in [0.25, 0.3) is 0 Å². The summed E-state index contributed by atoms with van der Waals surface area (Å²) in [7, 11) is 1.95. The SMILES string of the molecule is CCCNC(COCC)c1cn(C)nc1C. The summed E-state index contributed by atoms with van der Waals surface area (Å²) < 4.78 is 7.37.